The topological polar surface area (TPSA) is 55.1 Å². The SMILES string of the molecule is CCC1CCCC(NC(=O)C2(N)CCCCC2)C1.Cl. The smallest absolute Gasteiger partial charge is 0.240 e. The van der Waals surface area contributed by atoms with E-state index < -0.39 is 5.54 Å². The van der Waals surface area contributed by atoms with Crippen molar-refractivity contribution >= 4 is 18.3 Å². The third-order valence-corrected chi connectivity index (χ3v) is 4.89. The van der Waals surface area contributed by atoms with Crippen LogP contribution in [-0.4, -0.2) is 17.5 Å². The van der Waals surface area contributed by atoms with Crippen LogP contribution in [0, 0.1) is 5.92 Å². The Balaban J connectivity index is 0.00000180. The lowest BCUT2D eigenvalue weighted by Crippen LogP contribution is -2.57. The van der Waals surface area contributed by atoms with Crippen LogP contribution < -0.4 is 11.1 Å². The standard InChI is InChI=1S/C15H28N2O.ClH/c1-2-12-7-6-8-13(11-12)17-14(18)15(16)9-4-3-5-10-15;/h12-13H,2-11,16H2,1H3,(H,17,18);1H. The molecular weight excluding hydrogens is 260 g/mol. The van der Waals surface area contributed by atoms with Gasteiger partial charge in [0.05, 0.1) is 5.54 Å². The number of carbonyl (C=O) groups excluding carboxylic acids is 1. The van der Waals surface area contributed by atoms with Crippen LogP contribution in [-0.2, 0) is 4.79 Å². The molecular formula is C15H29ClN2O. The first-order valence-electron chi connectivity index (χ1n) is 7.74. The molecule has 2 unspecified atom stereocenters. The zero-order valence-electron chi connectivity index (χ0n) is 12.1. The lowest BCUT2D eigenvalue weighted by Gasteiger charge is -2.35. The molecule has 0 saturated heterocycles. The molecule has 0 radical (unpaired) electrons. The van der Waals surface area contributed by atoms with Gasteiger partial charge in [0.25, 0.3) is 0 Å². The summed E-state index contributed by atoms with van der Waals surface area (Å²) in [4.78, 5) is 12.3. The van der Waals surface area contributed by atoms with E-state index in [-0.39, 0.29) is 18.3 Å². The van der Waals surface area contributed by atoms with E-state index in [4.69, 9.17) is 5.73 Å². The fourth-order valence-corrected chi connectivity index (χ4v) is 3.53. The minimum atomic E-state index is -0.572. The summed E-state index contributed by atoms with van der Waals surface area (Å²) in [6, 6.07) is 0.374. The van der Waals surface area contributed by atoms with Gasteiger partial charge in [-0.25, -0.2) is 0 Å². The highest BCUT2D eigenvalue weighted by molar-refractivity contribution is 5.86. The van der Waals surface area contributed by atoms with Crippen molar-refractivity contribution in [3.05, 3.63) is 0 Å². The maximum atomic E-state index is 12.3. The van der Waals surface area contributed by atoms with Crippen LogP contribution in [0.2, 0.25) is 0 Å². The molecule has 19 heavy (non-hydrogen) atoms. The average Bonchev–Trinajstić information content (AvgIpc) is 2.40. The molecule has 2 aliphatic carbocycles. The van der Waals surface area contributed by atoms with Crippen molar-refractivity contribution in [3.8, 4) is 0 Å². The van der Waals surface area contributed by atoms with E-state index >= 15 is 0 Å². The second kappa shape index (κ2) is 7.49. The maximum Gasteiger partial charge on any atom is 0.240 e. The number of hydrogen-bond donors (Lipinski definition) is 2. The number of amides is 1. The minimum Gasteiger partial charge on any atom is -0.352 e. The molecule has 2 aliphatic rings. The van der Waals surface area contributed by atoms with Gasteiger partial charge in [-0.3, -0.25) is 4.79 Å². The number of rotatable bonds is 3. The quantitative estimate of drug-likeness (QED) is 0.838. The lowest BCUT2D eigenvalue weighted by atomic mass is 9.80. The van der Waals surface area contributed by atoms with Gasteiger partial charge in [-0.05, 0) is 31.6 Å². The molecule has 0 spiro atoms. The molecule has 0 aromatic heterocycles. The van der Waals surface area contributed by atoms with Crippen LogP contribution in [0.3, 0.4) is 0 Å². The first kappa shape index (κ1) is 16.8. The second-order valence-electron chi connectivity index (χ2n) is 6.33. The third-order valence-electron chi connectivity index (χ3n) is 4.89. The molecule has 4 heteroatoms. The van der Waals surface area contributed by atoms with Crippen molar-refractivity contribution in [1.82, 2.24) is 5.32 Å². The zero-order chi connectivity index (χ0) is 13.0. The van der Waals surface area contributed by atoms with Gasteiger partial charge in [-0.2, -0.15) is 0 Å². The Bertz CT molecular complexity index is 290. The van der Waals surface area contributed by atoms with E-state index in [1.165, 1.54) is 25.7 Å². The first-order chi connectivity index (χ1) is 8.64. The van der Waals surface area contributed by atoms with Gasteiger partial charge in [0.2, 0.25) is 5.91 Å². The number of hydrogen-bond acceptors (Lipinski definition) is 2. The van der Waals surface area contributed by atoms with Crippen LogP contribution in [0.5, 0.6) is 0 Å². The van der Waals surface area contributed by atoms with E-state index in [2.05, 4.69) is 12.2 Å². The molecule has 112 valence electrons. The lowest BCUT2D eigenvalue weighted by molar-refractivity contribution is -0.128. The van der Waals surface area contributed by atoms with Crippen LogP contribution >= 0.6 is 12.4 Å². The minimum absolute atomic E-state index is 0. The van der Waals surface area contributed by atoms with Crippen LogP contribution in [0.4, 0.5) is 0 Å². The van der Waals surface area contributed by atoms with Crippen molar-refractivity contribution in [2.45, 2.75) is 82.7 Å². The summed E-state index contributed by atoms with van der Waals surface area (Å²) in [6.07, 6.45) is 11.3. The monoisotopic (exact) mass is 288 g/mol. The molecule has 2 saturated carbocycles. The highest BCUT2D eigenvalue weighted by Crippen LogP contribution is 2.29. The van der Waals surface area contributed by atoms with Gasteiger partial charge in [0.1, 0.15) is 0 Å². The normalized spacial score (nSPS) is 30.2. The molecule has 0 aliphatic heterocycles. The van der Waals surface area contributed by atoms with Gasteiger partial charge in [0, 0.05) is 6.04 Å². The van der Waals surface area contributed by atoms with Crippen molar-refractivity contribution in [1.29, 1.82) is 0 Å². The fraction of sp³-hybridized carbons (Fsp3) is 0.933. The maximum absolute atomic E-state index is 12.3. The van der Waals surface area contributed by atoms with Crippen molar-refractivity contribution in [3.63, 3.8) is 0 Å². The van der Waals surface area contributed by atoms with E-state index in [1.807, 2.05) is 0 Å². The summed E-state index contributed by atoms with van der Waals surface area (Å²) in [5.74, 6) is 0.910. The van der Waals surface area contributed by atoms with E-state index in [0.717, 1.165) is 44.4 Å². The summed E-state index contributed by atoms with van der Waals surface area (Å²) in [5.41, 5.74) is 5.70. The first-order valence-corrected chi connectivity index (χ1v) is 7.74. The van der Waals surface area contributed by atoms with Gasteiger partial charge in [-0.1, -0.05) is 45.4 Å². The molecule has 1 amide bonds. The Hall–Kier alpha value is -0.280. The molecule has 2 rings (SSSR count). The van der Waals surface area contributed by atoms with Crippen LogP contribution in [0.25, 0.3) is 0 Å². The zero-order valence-corrected chi connectivity index (χ0v) is 12.9. The number of halogens is 1. The van der Waals surface area contributed by atoms with E-state index in [1.54, 1.807) is 0 Å². The summed E-state index contributed by atoms with van der Waals surface area (Å²) in [5, 5.41) is 3.23. The fourth-order valence-electron chi connectivity index (χ4n) is 3.53. The predicted molar refractivity (Wildman–Crippen MR) is 81.4 cm³/mol. The second-order valence-corrected chi connectivity index (χ2v) is 6.33. The largest absolute Gasteiger partial charge is 0.352 e. The number of nitrogens with two attached hydrogens (primary N) is 1. The number of nitrogens with one attached hydrogen (secondary N) is 1. The van der Waals surface area contributed by atoms with Gasteiger partial charge < -0.3 is 11.1 Å². The van der Waals surface area contributed by atoms with Gasteiger partial charge >= 0.3 is 0 Å². The molecule has 0 aromatic rings. The Morgan fingerprint density at radius 2 is 1.89 bits per heavy atom. The third kappa shape index (κ3) is 4.35. The summed E-state index contributed by atoms with van der Waals surface area (Å²) in [6.45, 7) is 2.25. The average molecular weight is 289 g/mol. The highest BCUT2D eigenvalue weighted by Gasteiger charge is 2.36. The molecule has 0 bridgehead atoms. The van der Waals surface area contributed by atoms with Crippen molar-refractivity contribution in [2.24, 2.45) is 11.7 Å². The Kier molecular flexibility index (Phi) is 6.61. The number of carbonyl (C=O) groups is 1. The van der Waals surface area contributed by atoms with Crippen molar-refractivity contribution in [2.75, 3.05) is 0 Å². The van der Waals surface area contributed by atoms with E-state index in [0.29, 0.717) is 6.04 Å². The summed E-state index contributed by atoms with van der Waals surface area (Å²) >= 11 is 0. The summed E-state index contributed by atoms with van der Waals surface area (Å²) in [7, 11) is 0. The van der Waals surface area contributed by atoms with Gasteiger partial charge in [-0.15, -0.1) is 12.4 Å². The van der Waals surface area contributed by atoms with Gasteiger partial charge in [0.15, 0.2) is 0 Å². The predicted octanol–water partition coefficient (Wildman–Crippen LogP) is 3.15. The highest BCUT2D eigenvalue weighted by atomic mass is 35.5. The molecule has 3 nitrogen and oxygen atoms in total. The van der Waals surface area contributed by atoms with Crippen LogP contribution in [0.1, 0.15) is 71.1 Å². The molecule has 3 N–H and O–H groups in total. The Labute approximate surface area is 123 Å². The Morgan fingerprint density at radius 3 is 2.53 bits per heavy atom. The van der Waals surface area contributed by atoms with E-state index in [9.17, 15) is 4.79 Å². The molecule has 0 heterocycles. The summed E-state index contributed by atoms with van der Waals surface area (Å²) < 4.78 is 0. The Morgan fingerprint density at radius 1 is 1.21 bits per heavy atom. The van der Waals surface area contributed by atoms with Crippen molar-refractivity contribution < 1.29 is 4.79 Å². The molecule has 2 atom stereocenters. The van der Waals surface area contributed by atoms with Crippen LogP contribution in [0.15, 0.2) is 0 Å². The molecule has 0 aromatic carbocycles. The molecule has 2 fully saturated rings.